The molecule has 14 heavy (non-hydrogen) atoms. The molecule has 0 radical (unpaired) electrons. The van der Waals surface area contributed by atoms with E-state index in [1.165, 1.54) is 0 Å². The summed E-state index contributed by atoms with van der Waals surface area (Å²) in [5.74, 6) is 0.242. The first kappa shape index (κ1) is 10.5. The molecule has 0 aliphatic rings. The predicted molar refractivity (Wildman–Crippen MR) is 68.7 cm³/mol. The van der Waals surface area contributed by atoms with Crippen molar-refractivity contribution in [3.05, 3.63) is 37.7 Å². The third-order valence-corrected chi connectivity index (χ3v) is 3.95. The lowest BCUT2D eigenvalue weighted by Crippen LogP contribution is -1.78. The van der Waals surface area contributed by atoms with Crippen molar-refractivity contribution in [2.24, 2.45) is 0 Å². The molecule has 2 aromatic rings. The molecule has 0 amide bonds. The normalized spacial score (nSPS) is 10.8. The quantitative estimate of drug-likeness (QED) is 0.693. The molecule has 4 heteroatoms. The average Bonchev–Trinajstić information content (AvgIpc) is 2.14. The first-order chi connectivity index (χ1) is 6.59. The van der Waals surface area contributed by atoms with E-state index in [2.05, 4.69) is 47.8 Å². The molecule has 72 valence electrons. The molecule has 0 heterocycles. The summed E-state index contributed by atoms with van der Waals surface area (Å²) in [6.07, 6.45) is 0. The molecule has 0 bridgehead atoms. The molecule has 0 aromatic heterocycles. The van der Waals surface area contributed by atoms with Crippen LogP contribution in [-0.2, 0) is 0 Å². The Morgan fingerprint density at radius 3 is 2.36 bits per heavy atom. The number of hydrogen-bond acceptors (Lipinski definition) is 1. The van der Waals surface area contributed by atoms with Crippen molar-refractivity contribution >= 4 is 58.6 Å². The third-order valence-electron chi connectivity index (χ3n) is 1.96. The van der Waals surface area contributed by atoms with Crippen molar-refractivity contribution in [3.63, 3.8) is 0 Å². The van der Waals surface area contributed by atoms with E-state index in [4.69, 9.17) is 0 Å². The van der Waals surface area contributed by atoms with E-state index in [-0.39, 0.29) is 5.75 Å². The first-order valence-corrected chi connectivity index (χ1v) is 6.23. The Balaban J connectivity index is 2.94. The van der Waals surface area contributed by atoms with Gasteiger partial charge in [0.2, 0.25) is 0 Å². The summed E-state index contributed by atoms with van der Waals surface area (Å²) in [7, 11) is 0. The lowest BCUT2D eigenvalue weighted by atomic mass is 10.1. The van der Waals surface area contributed by atoms with Crippen LogP contribution in [-0.4, -0.2) is 5.11 Å². The third kappa shape index (κ3) is 1.71. The van der Waals surface area contributed by atoms with Crippen molar-refractivity contribution in [2.45, 2.75) is 0 Å². The lowest BCUT2D eigenvalue weighted by molar-refractivity contribution is 0.472. The molecule has 0 spiro atoms. The van der Waals surface area contributed by atoms with Gasteiger partial charge in [0.15, 0.2) is 0 Å². The van der Waals surface area contributed by atoms with Gasteiger partial charge in [-0.2, -0.15) is 0 Å². The summed E-state index contributed by atoms with van der Waals surface area (Å²) in [5.41, 5.74) is 0. The van der Waals surface area contributed by atoms with Gasteiger partial charge < -0.3 is 5.11 Å². The van der Waals surface area contributed by atoms with Crippen molar-refractivity contribution < 1.29 is 5.11 Å². The lowest BCUT2D eigenvalue weighted by Gasteiger charge is -2.06. The standard InChI is InChI=1S/C10H5Br3O/c11-5-1-2-6-7(3-5)8(12)4-9(14)10(6)13/h1-4,14H. The highest BCUT2D eigenvalue weighted by molar-refractivity contribution is 9.11. The molecule has 1 nitrogen and oxygen atoms in total. The number of phenolic OH excluding ortho intramolecular Hbond substituents is 1. The van der Waals surface area contributed by atoms with Gasteiger partial charge in [-0.25, -0.2) is 0 Å². The number of phenols is 1. The maximum atomic E-state index is 9.58. The van der Waals surface area contributed by atoms with Gasteiger partial charge >= 0.3 is 0 Å². The Hall–Kier alpha value is -0.0600. The number of aromatic hydroxyl groups is 1. The van der Waals surface area contributed by atoms with Crippen LogP contribution in [0.15, 0.2) is 37.7 Å². The zero-order valence-corrected chi connectivity index (χ0v) is 11.6. The highest BCUT2D eigenvalue weighted by Gasteiger charge is 2.07. The van der Waals surface area contributed by atoms with E-state index >= 15 is 0 Å². The zero-order chi connectivity index (χ0) is 10.3. The van der Waals surface area contributed by atoms with E-state index in [1.807, 2.05) is 18.2 Å². The van der Waals surface area contributed by atoms with Gasteiger partial charge in [-0.05, 0) is 39.5 Å². The molecular weight excluding hydrogens is 376 g/mol. The number of rotatable bonds is 0. The molecule has 0 aliphatic carbocycles. The van der Waals surface area contributed by atoms with Gasteiger partial charge in [0.1, 0.15) is 5.75 Å². The topological polar surface area (TPSA) is 20.2 Å². The fourth-order valence-corrected chi connectivity index (χ4v) is 2.67. The number of halogens is 3. The minimum absolute atomic E-state index is 0.242. The molecule has 2 rings (SSSR count). The Bertz CT molecular complexity index is 508. The van der Waals surface area contributed by atoms with Crippen LogP contribution in [0.25, 0.3) is 10.8 Å². The minimum Gasteiger partial charge on any atom is -0.507 e. The Kier molecular flexibility index (Phi) is 2.86. The van der Waals surface area contributed by atoms with Crippen LogP contribution >= 0.6 is 47.8 Å². The van der Waals surface area contributed by atoms with Crippen molar-refractivity contribution in [1.29, 1.82) is 0 Å². The predicted octanol–water partition coefficient (Wildman–Crippen LogP) is 4.83. The van der Waals surface area contributed by atoms with E-state index in [1.54, 1.807) is 6.07 Å². The van der Waals surface area contributed by atoms with Crippen LogP contribution < -0.4 is 0 Å². The van der Waals surface area contributed by atoms with E-state index in [0.29, 0.717) is 0 Å². The second-order valence-corrected chi connectivity index (χ2v) is 5.44. The molecular formula is C10H5Br3O. The molecule has 0 fully saturated rings. The van der Waals surface area contributed by atoms with Crippen LogP contribution in [0.4, 0.5) is 0 Å². The fourth-order valence-electron chi connectivity index (χ4n) is 1.30. The Morgan fingerprint density at radius 1 is 0.929 bits per heavy atom. The van der Waals surface area contributed by atoms with E-state index in [0.717, 1.165) is 24.2 Å². The fraction of sp³-hybridized carbons (Fsp3) is 0. The molecule has 0 saturated heterocycles. The van der Waals surface area contributed by atoms with Crippen LogP contribution in [0.5, 0.6) is 5.75 Å². The average molecular weight is 381 g/mol. The van der Waals surface area contributed by atoms with Crippen LogP contribution in [0.2, 0.25) is 0 Å². The zero-order valence-electron chi connectivity index (χ0n) is 6.89. The molecule has 0 aliphatic heterocycles. The molecule has 0 atom stereocenters. The number of hydrogen-bond donors (Lipinski definition) is 1. The van der Waals surface area contributed by atoms with E-state index < -0.39 is 0 Å². The second kappa shape index (κ2) is 3.83. The highest BCUT2D eigenvalue weighted by Crippen LogP contribution is 2.38. The summed E-state index contributed by atoms with van der Waals surface area (Å²) in [5, 5.41) is 11.6. The summed E-state index contributed by atoms with van der Waals surface area (Å²) >= 11 is 10.2. The summed E-state index contributed by atoms with van der Waals surface area (Å²) in [6.45, 7) is 0. The van der Waals surface area contributed by atoms with Gasteiger partial charge in [-0.1, -0.05) is 37.9 Å². The Morgan fingerprint density at radius 2 is 1.64 bits per heavy atom. The number of fused-ring (bicyclic) bond motifs is 1. The number of benzene rings is 2. The van der Waals surface area contributed by atoms with Gasteiger partial charge in [0.05, 0.1) is 4.47 Å². The molecule has 1 N–H and O–H groups in total. The largest absolute Gasteiger partial charge is 0.507 e. The van der Waals surface area contributed by atoms with Gasteiger partial charge in [-0.15, -0.1) is 0 Å². The van der Waals surface area contributed by atoms with Crippen LogP contribution in [0.1, 0.15) is 0 Å². The second-order valence-electron chi connectivity index (χ2n) is 2.88. The molecule has 0 saturated carbocycles. The maximum Gasteiger partial charge on any atom is 0.131 e. The van der Waals surface area contributed by atoms with Gasteiger partial charge in [0, 0.05) is 14.3 Å². The Labute approximate surface area is 107 Å². The van der Waals surface area contributed by atoms with Gasteiger partial charge in [-0.3, -0.25) is 0 Å². The van der Waals surface area contributed by atoms with E-state index in [9.17, 15) is 5.11 Å². The molecule has 2 aromatic carbocycles. The minimum atomic E-state index is 0.242. The van der Waals surface area contributed by atoms with Crippen LogP contribution in [0, 0.1) is 0 Å². The maximum absolute atomic E-state index is 9.58. The first-order valence-electron chi connectivity index (χ1n) is 3.86. The summed E-state index contributed by atoms with van der Waals surface area (Å²) in [4.78, 5) is 0. The van der Waals surface area contributed by atoms with Crippen molar-refractivity contribution in [1.82, 2.24) is 0 Å². The van der Waals surface area contributed by atoms with Crippen LogP contribution in [0.3, 0.4) is 0 Å². The van der Waals surface area contributed by atoms with Crippen molar-refractivity contribution in [2.75, 3.05) is 0 Å². The summed E-state index contributed by atoms with van der Waals surface area (Å²) < 4.78 is 2.63. The highest BCUT2D eigenvalue weighted by atomic mass is 79.9. The monoisotopic (exact) mass is 378 g/mol. The van der Waals surface area contributed by atoms with Gasteiger partial charge in [0.25, 0.3) is 0 Å². The SMILES string of the molecule is Oc1cc(Br)c2cc(Br)ccc2c1Br. The summed E-state index contributed by atoms with van der Waals surface area (Å²) in [6, 6.07) is 7.58. The van der Waals surface area contributed by atoms with Crippen molar-refractivity contribution in [3.8, 4) is 5.75 Å². The smallest absolute Gasteiger partial charge is 0.131 e. The molecule has 0 unspecified atom stereocenters.